The quantitative estimate of drug-likeness (QED) is 0.255. The van der Waals surface area contributed by atoms with Gasteiger partial charge < -0.3 is 29.5 Å². The van der Waals surface area contributed by atoms with Crippen molar-refractivity contribution < 1.29 is 24.1 Å². The van der Waals surface area contributed by atoms with Crippen LogP contribution in [0.5, 0.6) is 11.5 Å². The van der Waals surface area contributed by atoms with Gasteiger partial charge in [0.05, 0.1) is 38.4 Å². The Morgan fingerprint density at radius 2 is 1.77 bits per heavy atom. The monoisotopic (exact) mass is 608 g/mol. The lowest BCUT2D eigenvalue weighted by atomic mass is 9.90. The number of hydrogen-bond acceptors (Lipinski definition) is 6. The SMILES string of the molecule is COc1cc2c(cc1OC(C)C)CN(c1ccc(C(C)(O)CCOCC3(C)CCNC3)cc1)C(=O)C2.Clc1ccccc1. The van der Waals surface area contributed by atoms with Gasteiger partial charge in [-0.25, -0.2) is 0 Å². The van der Waals surface area contributed by atoms with Crippen LogP contribution in [0.3, 0.4) is 0 Å². The minimum absolute atomic E-state index is 0.0202. The molecule has 0 aromatic heterocycles. The molecule has 2 unspecified atom stereocenters. The second-order valence-electron chi connectivity index (χ2n) is 12.3. The molecule has 5 rings (SSSR count). The van der Waals surface area contributed by atoms with Crippen LogP contribution in [0, 0.1) is 5.41 Å². The summed E-state index contributed by atoms with van der Waals surface area (Å²) < 4.78 is 17.3. The number of ether oxygens (including phenoxy) is 3. The van der Waals surface area contributed by atoms with E-state index in [-0.39, 0.29) is 17.4 Å². The van der Waals surface area contributed by atoms with Gasteiger partial charge in [-0.3, -0.25) is 4.79 Å². The number of rotatable bonds is 10. The third-order valence-electron chi connectivity index (χ3n) is 7.99. The van der Waals surface area contributed by atoms with Crippen molar-refractivity contribution in [1.29, 1.82) is 0 Å². The summed E-state index contributed by atoms with van der Waals surface area (Å²) >= 11 is 5.54. The highest BCUT2D eigenvalue weighted by molar-refractivity contribution is 6.30. The number of carbonyl (C=O) groups is 1. The first kappa shape index (κ1) is 32.8. The number of anilines is 1. The molecule has 2 heterocycles. The first-order valence-electron chi connectivity index (χ1n) is 15.0. The largest absolute Gasteiger partial charge is 0.493 e. The van der Waals surface area contributed by atoms with Crippen molar-refractivity contribution in [2.75, 3.05) is 38.3 Å². The summed E-state index contributed by atoms with van der Waals surface area (Å²) in [6.45, 7) is 11.7. The van der Waals surface area contributed by atoms with Crippen LogP contribution in [-0.2, 0) is 28.1 Å². The number of methoxy groups -OCH3 is 1. The van der Waals surface area contributed by atoms with Gasteiger partial charge in [0.1, 0.15) is 0 Å². The van der Waals surface area contributed by atoms with Crippen molar-refractivity contribution in [3.05, 3.63) is 88.4 Å². The summed E-state index contributed by atoms with van der Waals surface area (Å²) in [4.78, 5) is 14.8. The van der Waals surface area contributed by atoms with E-state index in [9.17, 15) is 9.90 Å². The molecule has 0 radical (unpaired) electrons. The molecule has 0 aliphatic carbocycles. The van der Waals surface area contributed by atoms with Crippen LogP contribution >= 0.6 is 11.6 Å². The molecule has 2 aliphatic heterocycles. The van der Waals surface area contributed by atoms with Gasteiger partial charge >= 0.3 is 0 Å². The molecule has 2 atom stereocenters. The molecule has 0 saturated carbocycles. The normalized spacial score (nSPS) is 19.3. The molecule has 43 heavy (non-hydrogen) atoms. The van der Waals surface area contributed by atoms with E-state index in [2.05, 4.69) is 12.2 Å². The Morgan fingerprint density at radius 1 is 1.07 bits per heavy atom. The molecular weight excluding hydrogens is 564 g/mol. The lowest BCUT2D eigenvalue weighted by Crippen LogP contribution is -2.36. The second kappa shape index (κ2) is 14.6. The minimum atomic E-state index is -1.01. The number of halogens is 1. The average Bonchev–Trinajstić information content (AvgIpc) is 3.42. The zero-order valence-corrected chi connectivity index (χ0v) is 26.7. The molecule has 232 valence electrons. The Bertz CT molecular complexity index is 1340. The molecular formula is C35H45ClN2O5. The Morgan fingerprint density at radius 3 is 2.35 bits per heavy atom. The summed E-state index contributed by atoms with van der Waals surface area (Å²) in [6.07, 6.45) is 1.95. The van der Waals surface area contributed by atoms with Gasteiger partial charge in [0, 0.05) is 35.7 Å². The molecule has 8 heteroatoms. The van der Waals surface area contributed by atoms with Crippen molar-refractivity contribution in [3.63, 3.8) is 0 Å². The maximum absolute atomic E-state index is 13.0. The molecule has 0 bridgehead atoms. The van der Waals surface area contributed by atoms with Gasteiger partial charge in [-0.05, 0) is 86.8 Å². The molecule has 1 amide bonds. The fraction of sp³-hybridized carbons (Fsp3) is 0.457. The van der Waals surface area contributed by atoms with Crippen molar-refractivity contribution in [2.24, 2.45) is 5.41 Å². The summed E-state index contributed by atoms with van der Waals surface area (Å²) in [5, 5.41) is 15.3. The molecule has 3 aromatic carbocycles. The lowest BCUT2D eigenvalue weighted by Gasteiger charge is -2.31. The van der Waals surface area contributed by atoms with Crippen LogP contribution in [0.15, 0.2) is 66.7 Å². The van der Waals surface area contributed by atoms with Gasteiger partial charge in [-0.15, -0.1) is 0 Å². The minimum Gasteiger partial charge on any atom is -0.493 e. The summed E-state index contributed by atoms with van der Waals surface area (Å²) in [5.41, 5.74) is 2.80. The van der Waals surface area contributed by atoms with Gasteiger partial charge in [-0.1, -0.05) is 48.9 Å². The third-order valence-corrected chi connectivity index (χ3v) is 8.25. The fourth-order valence-corrected chi connectivity index (χ4v) is 5.50. The van der Waals surface area contributed by atoms with Crippen molar-refractivity contribution in [1.82, 2.24) is 5.32 Å². The summed E-state index contributed by atoms with van der Waals surface area (Å²) in [6, 6.07) is 21.0. The number of amides is 1. The van der Waals surface area contributed by atoms with E-state index in [1.807, 2.05) is 87.5 Å². The summed E-state index contributed by atoms with van der Waals surface area (Å²) in [7, 11) is 1.61. The number of nitrogens with zero attached hydrogens (tertiary/aromatic N) is 1. The first-order chi connectivity index (χ1) is 20.5. The lowest BCUT2D eigenvalue weighted by molar-refractivity contribution is -0.118. The average molecular weight is 609 g/mol. The number of nitrogens with one attached hydrogen (secondary N) is 1. The Hall–Kier alpha value is -3.10. The molecule has 7 nitrogen and oxygen atoms in total. The van der Waals surface area contributed by atoms with E-state index in [0.717, 1.165) is 46.9 Å². The van der Waals surface area contributed by atoms with Crippen molar-refractivity contribution in [3.8, 4) is 11.5 Å². The molecule has 2 aliphatic rings. The van der Waals surface area contributed by atoms with E-state index < -0.39 is 5.60 Å². The van der Waals surface area contributed by atoms with Gasteiger partial charge in [0.15, 0.2) is 11.5 Å². The molecule has 2 N–H and O–H groups in total. The topological polar surface area (TPSA) is 80.3 Å². The predicted molar refractivity (Wildman–Crippen MR) is 172 cm³/mol. The van der Waals surface area contributed by atoms with Crippen LogP contribution in [0.2, 0.25) is 5.02 Å². The highest BCUT2D eigenvalue weighted by atomic mass is 35.5. The number of fused-ring (bicyclic) bond motifs is 1. The van der Waals surface area contributed by atoms with Gasteiger partial charge in [-0.2, -0.15) is 0 Å². The highest BCUT2D eigenvalue weighted by Gasteiger charge is 2.30. The smallest absolute Gasteiger partial charge is 0.231 e. The number of carbonyl (C=O) groups excluding carboxylic acids is 1. The maximum atomic E-state index is 13.0. The van der Waals surface area contributed by atoms with Crippen molar-refractivity contribution >= 4 is 23.2 Å². The van der Waals surface area contributed by atoms with E-state index in [0.29, 0.717) is 44.1 Å². The third kappa shape index (κ3) is 8.96. The van der Waals surface area contributed by atoms with E-state index in [1.54, 1.807) is 12.0 Å². The molecule has 0 spiro atoms. The maximum Gasteiger partial charge on any atom is 0.231 e. The number of hydrogen-bond donors (Lipinski definition) is 2. The zero-order chi connectivity index (χ0) is 31.0. The number of aliphatic hydroxyl groups is 1. The molecule has 1 saturated heterocycles. The van der Waals surface area contributed by atoms with Gasteiger partial charge in [0.25, 0.3) is 0 Å². The second-order valence-corrected chi connectivity index (χ2v) is 12.7. The standard InChI is InChI=1S/C29H40N2O5.C6H5Cl/c1-20(2)36-26-15-22-17-31(27(32)16-21(22)14-25(26)34-5)24-8-6-23(7-9-24)29(4,33)11-13-35-19-28(3)10-12-30-18-28;7-6-4-2-1-3-5-6/h6-9,14-15,20,30,33H,10-13,16-19H2,1-5H3;1-5H. The van der Waals surface area contributed by atoms with Crippen LogP contribution in [0.4, 0.5) is 5.69 Å². The van der Waals surface area contributed by atoms with E-state index >= 15 is 0 Å². The Balaban J connectivity index is 0.000000530. The van der Waals surface area contributed by atoms with Crippen molar-refractivity contribution in [2.45, 2.75) is 65.2 Å². The van der Waals surface area contributed by atoms with E-state index in [4.69, 9.17) is 25.8 Å². The van der Waals surface area contributed by atoms with Crippen LogP contribution in [0.1, 0.15) is 57.2 Å². The van der Waals surface area contributed by atoms with Crippen LogP contribution < -0.4 is 19.7 Å². The first-order valence-corrected chi connectivity index (χ1v) is 15.4. The molecule has 3 aromatic rings. The van der Waals surface area contributed by atoms with E-state index in [1.165, 1.54) is 0 Å². The number of benzene rings is 3. The molecule has 1 fully saturated rings. The van der Waals surface area contributed by atoms with Crippen LogP contribution in [0.25, 0.3) is 0 Å². The van der Waals surface area contributed by atoms with Crippen LogP contribution in [-0.4, -0.2) is 50.5 Å². The Labute approximate surface area is 261 Å². The highest BCUT2D eigenvalue weighted by Crippen LogP contribution is 2.36. The van der Waals surface area contributed by atoms with Gasteiger partial charge in [0.2, 0.25) is 5.91 Å². The Kier molecular flexibility index (Phi) is 11.1. The fourth-order valence-electron chi connectivity index (χ4n) is 5.35. The summed E-state index contributed by atoms with van der Waals surface area (Å²) in [5.74, 6) is 1.37. The predicted octanol–water partition coefficient (Wildman–Crippen LogP) is 6.53. The zero-order valence-electron chi connectivity index (χ0n) is 26.0.